The molecule has 0 radical (unpaired) electrons. The predicted molar refractivity (Wildman–Crippen MR) is 119 cm³/mol. The Labute approximate surface area is 192 Å². The minimum Gasteiger partial charge on any atom is -0.340 e. The van der Waals surface area contributed by atoms with E-state index in [0.717, 1.165) is 0 Å². The first-order valence-corrected chi connectivity index (χ1v) is 11.9. The average Bonchev–Trinajstić information content (AvgIpc) is 2.82. The normalized spacial score (nSPS) is 15.7. The van der Waals surface area contributed by atoms with Crippen LogP contribution in [0.4, 0.5) is 4.39 Å². The maximum Gasteiger partial charge on any atom is 0.251 e. The molecule has 1 saturated heterocycles. The first-order valence-electron chi connectivity index (χ1n) is 10.5. The number of hydrogen-bond acceptors (Lipinski definition) is 5. The Balaban J connectivity index is 1.65. The molecule has 1 N–H and O–H groups in total. The summed E-state index contributed by atoms with van der Waals surface area (Å²) < 4.78 is 40.2. The first kappa shape index (κ1) is 24.4. The number of carbonyl (C=O) groups is 2. The molecule has 0 aliphatic carbocycles. The largest absolute Gasteiger partial charge is 0.340 e. The minimum absolute atomic E-state index is 0.0906. The zero-order chi connectivity index (χ0) is 24.2. The number of amides is 2. The minimum atomic E-state index is -3.75. The number of nitrogens with one attached hydrogen (secondary N) is 1. The summed E-state index contributed by atoms with van der Waals surface area (Å²) in [5.41, 5.74) is 0.611. The van der Waals surface area contributed by atoms with E-state index in [-0.39, 0.29) is 48.5 Å². The molecule has 2 amide bonds. The van der Waals surface area contributed by atoms with Gasteiger partial charge < -0.3 is 10.2 Å². The van der Waals surface area contributed by atoms with Gasteiger partial charge in [0.15, 0.2) is 0 Å². The van der Waals surface area contributed by atoms with Gasteiger partial charge in [0, 0.05) is 31.7 Å². The summed E-state index contributed by atoms with van der Waals surface area (Å²) in [6.45, 7) is 4.21. The van der Waals surface area contributed by atoms with Gasteiger partial charge in [0.05, 0.1) is 16.5 Å². The van der Waals surface area contributed by atoms with Crippen molar-refractivity contribution >= 4 is 21.8 Å². The van der Waals surface area contributed by atoms with Crippen molar-refractivity contribution in [3.8, 4) is 6.07 Å². The molecule has 1 aliphatic rings. The van der Waals surface area contributed by atoms with Crippen molar-refractivity contribution in [1.82, 2.24) is 14.5 Å². The standard InChI is InChI=1S/C23H25FN4O4S/c1-16(2)21(26-22(29)18-5-7-19(24)8-6-18)23(30)27-11-13-28(14-12-27)33(31,32)20-9-3-17(15-25)4-10-20/h3-10,16,21H,11-14H2,1-2H3,(H,26,29)/t21-/m0/s1. The number of nitrogens with zero attached hydrogens (tertiary/aromatic N) is 3. The van der Waals surface area contributed by atoms with Crippen LogP contribution in [0.15, 0.2) is 53.4 Å². The molecule has 0 aromatic heterocycles. The average molecular weight is 473 g/mol. The highest BCUT2D eigenvalue weighted by atomic mass is 32.2. The van der Waals surface area contributed by atoms with Gasteiger partial charge in [-0.15, -0.1) is 0 Å². The summed E-state index contributed by atoms with van der Waals surface area (Å²) in [5.74, 6) is -1.45. The van der Waals surface area contributed by atoms with Gasteiger partial charge in [-0.2, -0.15) is 9.57 Å². The molecular weight excluding hydrogens is 447 g/mol. The number of carbonyl (C=O) groups excluding carboxylic acids is 2. The van der Waals surface area contributed by atoms with Gasteiger partial charge in [-0.25, -0.2) is 12.8 Å². The number of benzene rings is 2. The molecular formula is C23H25FN4O4S. The van der Waals surface area contributed by atoms with Gasteiger partial charge in [-0.05, 0) is 54.4 Å². The van der Waals surface area contributed by atoms with Crippen LogP contribution in [0.3, 0.4) is 0 Å². The second-order valence-corrected chi connectivity index (χ2v) is 10.0. The highest BCUT2D eigenvalue weighted by Crippen LogP contribution is 2.19. The molecule has 0 saturated carbocycles. The summed E-state index contributed by atoms with van der Waals surface area (Å²) in [6.07, 6.45) is 0. The van der Waals surface area contributed by atoms with Crippen molar-refractivity contribution in [2.75, 3.05) is 26.2 Å². The van der Waals surface area contributed by atoms with Gasteiger partial charge in [-0.1, -0.05) is 13.8 Å². The Morgan fingerprint density at radius 2 is 1.58 bits per heavy atom. The Bertz CT molecular complexity index is 1150. The molecule has 33 heavy (non-hydrogen) atoms. The summed E-state index contributed by atoms with van der Waals surface area (Å²) in [7, 11) is -3.75. The van der Waals surface area contributed by atoms with E-state index in [1.54, 1.807) is 18.7 Å². The second-order valence-electron chi connectivity index (χ2n) is 8.07. The lowest BCUT2D eigenvalue weighted by atomic mass is 10.0. The van der Waals surface area contributed by atoms with E-state index in [4.69, 9.17) is 5.26 Å². The molecule has 1 atom stereocenters. The fourth-order valence-electron chi connectivity index (χ4n) is 3.54. The van der Waals surface area contributed by atoms with Gasteiger partial charge in [0.1, 0.15) is 11.9 Å². The monoisotopic (exact) mass is 472 g/mol. The van der Waals surface area contributed by atoms with Crippen LogP contribution in [0.1, 0.15) is 29.8 Å². The van der Waals surface area contributed by atoms with Crippen LogP contribution in [-0.2, 0) is 14.8 Å². The Morgan fingerprint density at radius 1 is 1.00 bits per heavy atom. The lowest BCUT2D eigenvalue weighted by molar-refractivity contribution is -0.135. The third-order valence-corrected chi connectivity index (χ3v) is 7.41. The molecule has 1 heterocycles. The fourth-order valence-corrected chi connectivity index (χ4v) is 4.96. The molecule has 0 unspecified atom stereocenters. The lowest BCUT2D eigenvalue weighted by Crippen LogP contribution is -2.57. The van der Waals surface area contributed by atoms with E-state index in [1.165, 1.54) is 52.8 Å². The Kier molecular flexibility index (Phi) is 7.46. The van der Waals surface area contributed by atoms with Crippen LogP contribution in [0.5, 0.6) is 0 Å². The van der Waals surface area contributed by atoms with Crippen molar-refractivity contribution in [3.63, 3.8) is 0 Å². The zero-order valence-electron chi connectivity index (χ0n) is 18.4. The highest BCUT2D eigenvalue weighted by Gasteiger charge is 2.34. The van der Waals surface area contributed by atoms with E-state index < -0.39 is 27.8 Å². The number of hydrogen-bond donors (Lipinski definition) is 1. The topological polar surface area (TPSA) is 111 Å². The van der Waals surface area contributed by atoms with E-state index in [0.29, 0.717) is 5.56 Å². The summed E-state index contributed by atoms with van der Waals surface area (Å²) in [4.78, 5) is 27.3. The molecule has 1 aliphatic heterocycles. The van der Waals surface area contributed by atoms with Gasteiger partial charge in [0.25, 0.3) is 5.91 Å². The first-order chi connectivity index (χ1) is 15.6. The Hall–Kier alpha value is -3.29. The van der Waals surface area contributed by atoms with Crippen molar-refractivity contribution in [3.05, 3.63) is 65.5 Å². The highest BCUT2D eigenvalue weighted by molar-refractivity contribution is 7.89. The molecule has 174 valence electrons. The molecule has 8 nitrogen and oxygen atoms in total. The molecule has 3 rings (SSSR count). The van der Waals surface area contributed by atoms with Gasteiger partial charge in [-0.3, -0.25) is 9.59 Å². The molecule has 2 aromatic carbocycles. The van der Waals surface area contributed by atoms with Crippen LogP contribution in [0.2, 0.25) is 0 Å². The van der Waals surface area contributed by atoms with E-state index >= 15 is 0 Å². The molecule has 0 spiro atoms. The maximum absolute atomic E-state index is 13.1. The molecule has 1 fully saturated rings. The van der Waals surface area contributed by atoms with Crippen molar-refractivity contribution in [2.45, 2.75) is 24.8 Å². The van der Waals surface area contributed by atoms with Crippen LogP contribution < -0.4 is 5.32 Å². The molecule has 2 aromatic rings. The predicted octanol–water partition coefficient (Wildman–Crippen LogP) is 1.98. The number of sulfonamides is 1. The molecule has 0 bridgehead atoms. The third kappa shape index (κ3) is 5.56. The number of piperazine rings is 1. The van der Waals surface area contributed by atoms with Crippen LogP contribution in [0, 0.1) is 23.1 Å². The van der Waals surface area contributed by atoms with Crippen molar-refractivity contribution in [2.24, 2.45) is 5.92 Å². The summed E-state index contributed by atoms with van der Waals surface area (Å²) >= 11 is 0. The van der Waals surface area contributed by atoms with Crippen LogP contribution >= 0.6 is 0 Å². The smallest absolute Gasteiger partial charge is 0.251 e. The van der Waals surface area contributed by atoms with Crippen LogP contribution in [-0.4, -0.2) is 61.7 Å². The zero-order valence-corrected chi connectivity index (χ0v) is 19.2. The summed E-state index contributed by atoms with van der Waals surface area (Å²) in [6, 6.07) is 11.9. The van der Waals surface area contributed by atoms with E-state index in [1.807, 2.05) is 6.07 Å². The van der Waals surface area contributed by atoms with Crippen molar-refractivity contribution in [1.29, 1.82) is 5.26 Å². The SMILES string of the molecule is CC(C)[C@H](NC(=O)c1ccc(F)cc1)C(=O)N1CCN(S(=O)(=O)c2ccc(C#N)cc2)CC1. The number of nitriles is 1. The maximum atomic E-state index is 13.1. The van der Waals surface area contributed by atoms with E-state index in [2.05, 4.69) is 5.32 Å². The summed E-state index contributed by atoms with van der Waals surface area (Å²) in [5, 5.41) is 11.6. The molecule has 10 heteroatoms. The van der Waals surface area contributed by atoms with E-state index in [9.17, 15) is 22.4 Å². The van der Waals surface area contributed by atoms with Gasteiger partial charge >= 0.3 is 0 Å². The van der Waals surface area contributed by atoms with Crippen molar-refractivity contribution < 1.29 is 22.4 Å². The fraction of sp³-hybridized carbons (Fsp3) is 0.348. The van der Waals surface area contributed by atoms with Gasteiger partial charge in [0.2, 0.25) is 15.9 Å². The lowest BCUT2D eigenvalue weighted by Gasteiger charge is -2.36. The van der Waals surface area contributed by atoms with Crippen LogP contribution in [0.25, 0.3) is 0 Å². The second kappa shape index (κ2) is 10.1. The third-order valence-electron chi connectivity index (χ3n) is 5.50. The number of halogens is 1. The Morgan fingerprint density at radius 3 is 2.09 bits per heavy atom. The quantitative estimate of drug-likeness (QED) is 0.691. The number of rotatable bonds is 6.